The van der Waals surface area contributed by atoms with Gasteiger partial charge in [-0.2, -0.15) is 0 Å². The van der Waals surface area contributed by atoms with E-state index in [1.165, 1.54) is 12.2 Å². The summed E-state index contributed by atoms with van der Waals surface area (Å²) < 4.78 is 15.1. The molecule has 3 saturated carbocycles. The van der Waals surface area contributed by atoms with Gasteiger partial charge in [0, 0.05) is 16.7 Å². The molecule has 4 aliphatic rings. The van der Waals surface area contributed by atoms with Crippen molar-refractivity contribution in [2.75, 3.05) is 6.61 Å². The highest BCUT2D eigenvalue weighted by atomic mass is 19.1. The number of aliphatic hydroxyl groups excluding tert-OH is 2. The summed E-state index contributed by atoms with van der Waals surface area (Å²) in [7, 11) is 0. The average Bonchev–Trinajstić information content (AvgIpc) is 2.87. The molecule has 3 N–H and O–H groups in total. The van der Waals surface area contributed by atoms with Crippen LogP contribution in [-0.2, 0) is 9.59 Å². The lowest BCUT2D eigenvalue weighted by atomic mass is 9.46. The van der Waals surface area contributed by atoms with Crippen LogP contribution in [0.25, 0.3) is 0 Å². The third-order valence-corrected chi connectivity index (χ3v) is 8.23. The second-order valence-electron chi connectivity index (χ2n) is 9.29. The minimum absolute atomic E-state index is 0.131. The molecule has 3 fully saturated rings. The van der Waals surface area contributed by atoms with Crippen LogP contribution in [0.4, 0.5) is 4.39 Å². The molecule has 1 unspecified atom stereocenters. The normalized spacial score (nSPS) is 51.3. The van der Waals surface area contributed by atoms with Gasteiger partial charge in [0.2, 0.25) is 0 Å². The first-order valence-corrected chi connectivity index (χ1v) is 9.72. The van der Waals surface area contributed by atoms with Crippen LogP contribution in [0.5, 0.6) is 0 Å². The summed E-state index contributed by atoms with van der Waals surface area (Å²) >= 11 is 0. The Labute approximate surface area is 158 Å². The predicted octanol–water partition coefficient (Wildman–Crippen LogP) is 1.51. The Morgan fingerprint density at radius 3 is 2.74 bits per heavy atom. The molecule has 0 spiro atoms. The Bertz CT molecular complexity index is 760. The standard InChI is InChI=1S/C21H27FO5/c1-19-5-3-11(24)7-14(19)15(22)8-12-13-4-6-21(27,17(26)10-23)20(13,2)9-16(25)18(12)19/h3,5,7,12-13,15-16,18,23,25,27H,4,6,8-10H2,1-2H3/t12-,13-,15-,16?,18+,19-,20-,21-/m0/s1. The molecular formula is C21H27FO5. The summed E-state index contributed by atoms with van der Waals surface area (Å²) in [4.78, 5) is 24.1. The first kappa shape index (κ1) is 19.0. The van der Waals surface area contributed by atoms with Gasteiger partial charge in [-0.15, -0.1) is 0 Å². The Hall–Kier alpha value is -1.37. The zero-order chi connectivity index (χ0) is 19.8. The Morgan fingerprint density at radius 1 is 1.37 bits per heavy atom. The number of alkyl halides is 1. The fourth-order valence-corrected chi connectivity index (χ4v) is 6.93. The lowest BCUT2D eigenvalue weighted by Crippen LogP contribution is -2.62. The summed E-state index contributed by atoms with van der Waals surface area (Å²) in [6.07, 6.45) is 3.55. The number of ketones is 2. The van der Waals surface area contributed by atoms with Crippen molar-refractivity contribution in [1.29, 1.82) is 0 Å². The molecule has 0 heterocycles. The maximum Gasteiger partial charge on any atom is 0.190 e. The van der Waals surface area contributed by atoms with Gasteiger partial charge in [0.25, 0.3) is 0 Å². The van der Waals surface area contributed by atoms with Crippen LogP contribution in [0.2, 0.25) is 0 Å². The van der Waals surface area contributed by atoms with Gasteiger partial charge < -0.3 is 15.3 Å². The number of rotatable bonds is 2. The number of Topliss-reactive ketones (excluding diaryl/α,β-unsaturated/α-hetero) is 1. The fourth-order valence-electron chi connectivity index (χ4n) is 6.93. The maximum absolute atomic E-state index is 15.1. The van der Waals surface area contributed by atoms with Gasteiger partial charge >= 0.3 is 0 Å². The number of hydrogen-bond donors (Lipinski definition) is 3. The first-order valence-electron chi connectivity index (χ1n) is 9.72. The van der Waals surface area contributed by atoms with E-state index in [-0.39, 0.29) is 42.8 Å². The molecule has 0 amide bonds. The number of aliphatic hydroxyl groups is 3. The van der Waals surface area contributed by atoms with Crippen molar-refractivity contribution < 1.29 is 29.3 Å². The van der Waals surface area contributed by atoms with Gasteiger partial charge in [-0.3, -0.25) is 9.59 Å². The maximum atomic E-state index is 15.1. The van der Waals surface area contributed by atoms with Crippen molar-refractivity contribution in [3.8, 4) is 0 Å². The smallest absolute Gasteiger partial charge is 0.190 e. The van der Waals surface area contributed by atoms with E-state index < -0.39 is 41.1 Å². The number of halogens is 1. The topological polar surface area (TPSA) is 94.8 Å². The summed E-state index contributed by atoms with van der Waals surface area (Å²) in [5.41, 5.74) is -2.92. The minimum atomic E-state index is -1.69. The molecular weight excluding hydrogens is 351 g/mol. The molecule has 5 nitrogen and oxygen atoms in total. The van der Waals surface area contributed by atoms with Crippen molar-refractivity contribution in [3.05, 3.63) is 23.8 Å². The lowest BCUT2D eigenvalue weighted by Gasteiger charge is -2.60. The van der Waals surface area contributed by atoms with E-state index in [0.717, 1.165) is 0 Å². The number of carbonyl (C=O) groups is 2. The first-order chi connectivity index (χ1) is 12.6. The van der Waals surface area contributed by atoms with Crippen molar-refractivity contribution in [2.45, 2.75) is 57.4 Å². The number of fused-ring (bicyclic) bond motifs is 5. The predicted molar refractivity (Wildman–Crippen MR) is 95.3 cm³/mol. The molecule has 148 valence electrons. The van der Waals surface area contributed by atoms with Crippen molar-refractivity contribution in [3.63, 3.8) is 0 Å². The second-order valence-corrected chi connectivity index (χ2v) is 9.29. The molecule has 0 bridgehead atoms. The Morgan fingerprint density at radius 2 is 2.07 bits per heavy atom. The molecule has 0 aromatic rings. The Balaban J connectivity index is 1.78. The van der Waals surface area contributed by atoms with Gasteiger partial charge in [0.1, 0.15) is 18.4 Å². The highest BCUT2D eigenvalue weighted by Gasteiger charge is 2.68. The van der Waals surface area contributed by atoms with Crippen molar-refractivity contribution in [2.24, 2.45) is 28.6 Å². The van der Waals surface area contributed by atoms with Crippen LogP contribution in [-0.4, -0.2) is 51.4 Å². The van der Waals surface area contributed by atoms with Gasteiger partial charge in [-0.05, 0) is 55.2 Å². The van der Waals surface area contributed by atoms with Gasteiger partial charge in [-0.1, -0.05) is 19.9 Å². The quantitative estimate of drug-likeness (QED) is 0.677. The van der Waals surface area contributed by atoms with Gasteiger partial charge in [0.05, 0.1) is 6.10 Å². The number of carbonyl (C=O) groups excluding carboxylic acids is 2. The van der Waals surface area contributed by atoms with Crippen LogP contribution >= 0.6 is 0 Å². The molecule has 0 aromatic carbocycles. The fraction of sp³-hybridized carbons (Fsp3) is 0.714. The zero-order valence-corrected chi connectivity index (χ0v) is 15.7. The van der Waals surface area contributed by atoms with Crippen molar-refractivity contribution in [1.82, 2.24) is 0 Å². The van der Waals surface area contributed by atoms with Gasteiger partial charge in [-0.25, -0.2) is 4.39 Å². The largest absolute Gasteiger partial charge is 0.393 e. The molecule has 27 heavy (non-hydrogen) atoms. The van der Waals surface area contributed by atoms with Crippen LogP contribution < -0.4 is 0 Å². The van der Waals surface area contributed by atoms with E-state index in [2.05, 4.69) is 0 Å². The van der Waals surface area contributed by atoms with E-state index in [9.17, 15) is 24.9 Å². The number of allylic oxidation sites excluding steroid dienone is 4. The summed E-state index contributed by atoms with van der Waals surface area (Å²) in [6, 6.07) is 0. The van der Waals surface area contributed by atoms with Crippen molar-refractivity contribution >= 4 is 11.6 Å². The molecule has 8 atom stereocenters. The van der Waals surface area contributed by atoms with E-state index in [0.29, 0.717) is 12.0 Å². The third kappa shape index (κ3) is 2.26. The summed E-state index contributed by atoms with van der Waals surface area (Å²) in [6.45, 7) is 2.92. The highest BCUT2D eigenvalue weighted by Crippen LogP contribution is 2.67. The van der Waals surface area contributed by atoms with Crippen LogP contribution in [0, 0.1) is 28.6 Å². The van der Waals surface area contributed by atoms with E-state index in [1.807, 2.05) is 6.92 Å². The molecule has 4 aliphatic carbocycles. The summed E-state index contributed by atoms with van der Waals surface area (Å²) in [5, 5.41) is 31.6. The zero-order valence-electron chi connectivity index (χ0n) is 15.7. The molecule has 0 saturated heterocycles. The molecule has 6 heteroatoms. The molecule has 4 rings (SSSR count). The Kier molecular flexibility index (Phi) is 4.09. The average molecular weight is 378 g/mol. The molecule has 0 radical (unpaired) electrons. The molecule has 0 aliphatic heterocycles. The monoisotopic (exact) mass is 378 g/mol. The van der Waals surface area contributed by atoms with Crippen LogP contribution in [0.15, 0.2) is 23.8 Å². The third-order valence-electron chi connectivity index (χ3n) is 8.23. The number of hydrogen-bond acceptors (Lipinski definition) is 5. The van der Waals surface area contributed by atoms with Crippen LogP contribution in [0.1, 0.15) is 39.5 Å². The van der Waals surface area contributed by atoms with E-state index in [4.69, 9.17) is 0 Å². The second kappa shape index (κ2) is 5.82. The van der Waals surface area contributed by atoms with Gasteiger partial charge in [0.15, 0.2) is 11.6 Å². The van der Waals surface area contributed by atoms with E-state index >= 15 is 4.39 Å². The minimum Gasteiger partial charge on any atom is -0.393 e. The highest BCUT2D eigenvalue weighted by molar-refractivity contribution is 6.01. The van der Waals surface area contributed by atoms with E-state index in [1.54, 1.807) is 13.0 Å². The molecule has 0 aromatic heterocycles. The van der Waals surface area contributed by atoms with Crippen LogP contribution in [0.3, 0.4) is 0 Å². The lowest BCUT2D eigenvalue weighted by molar-refractivity contribution is -0.180. The SMILES string of the molecule is C[C@]12C=CC(=O)C=C1[C@@H](F)C[C@@H]1[C@@H]2C(O)C[C@@]2(C)[C@H]1CC[C@]2(O)C(=O)CO. The summed E-state index contributed by atoms with van der Waals surface area (Å²) in [5.74, 6) is -1.48.